The number of para-hydroxylation sites is 2. The van der Waals surface area contributed by atoms with Crippen LogP contribution in [-0.4, -0.2) is 51.7 Å². The Hall–Kier alpha value is -3.95. The first-order valence-corrected chi connectivity index (χ1v) is 10.3. The van der Waals surface area contributed by atoms with E-state index in [1.807, 2.05) is 51.2 Å². The van der Waals surface area contributed by atoms with Gasteiger partial charge in [0.05, 0.1) is 11.0 Å². The predicted molar refractivity (Wildman–Crippen MR) is 116 cm³/mol. The SMILES string of the molecule is Cn1c(-n2ccnc2)nc2c(N3CCC(n4c(=O)[nH]c5ccccc54)CC3)ncnc21. The first-order chi connectivity index (χ1) is 15.2. The summed E-state index contributed by atoms with van der Waals surface area (Å²) >= 11 is 0. The van der Waals surface area contributed by atoms with E-state index in [0.29, 0.717) is 0 Å². The number of piperidine rings is 1. The molecule has 1 aliphatic heterocycles. The van der Waals surface area contributed by atoms with Gasteiger partial charge in [0.2, 0.25) is 5.95 Å². The first-order valence-electron chi connectivity index (χ1n) is 10.3. The fraction of sp³-hybridized carbons (Fsp3) is 0.286. The van der Waals surface area contributed by atoms with Crippen molar-refractivity contribution in [2.75, 3.05) is 18.0 Å². The van der Waals surface area contributed by atoms with Crippen LogP contribution < -0.4 is 10.6 Å². The highest BCUT2D eigenvalue weighted by Gasteiger charge is 2.26. The maximum absolute atomic E-state index is 12.6. The highest BCUT2D eigenvalue weighted by Crippen LogP contribution is 2.30. The molecule has 6 rings (SSSR count). The molecule has 156 valence electrons. The Bertz CT molecular complexity index is 1440. The molecule has 0 atom stereocenters. The Morgan fingerprint density at radius 2 is 1.97 bits per heavy atom. The number of hydrogen-bond donors (Lipinski definition) is 1. The molecule has 0 saturated carbocycles. The molecule has 0 amide bonds. The second-order valence-corrected chi connectivity index (χ2v) is 7.85. The average Bonchev–Trinajstić information content (AvgIpc) is 3.51. The zero-order valence-corrected chi connectivity index (χ0v) is 17.0. The molecule has 0 unspecified atom stereocenters. The molecule has 1 fully saturated rings. The molecular formula is C21H21N9O. The number of aryl methyl sites for hydroxylation is 1. The topological polar surface area (TPSA) is 102 Å². The molecule has 10 heteroatoms. The van der Waals surface area contributed by atoms with Crippen molar-refractivity contribution in [3.63, 3.8) is 0 Å². The minimum Gasteiger partial charge on any atom is -0.354 e. The highest BCUT2D eigenvalue weighted by molar-refractivity contribution is 5.85. The summed E-state index contributed by atoms with van der Waals surface area (Å²) in [6.07, 6.45) is 8.61. The van der Waals surface area contributed by atoms with E-state index in [9.17, 15) is 4.79 Å². The van der Waals surface area contributed by atoms with Gasteiger partial charge in [-0.25, -0.2) is 24.7 Å². The summed E-state index contributed by atoms with van der Waals surface area (Å²) in [6, 6.07) is 8.01. The summed E-state index contributed by atoms with van der Waals surface area (Å²) in [5.74, 6) is 1.58. The van der Waals surface area contributed by atoms with Gasteiger partial charge in [-0.2, -0.15) is 0 Å². The molecule has 1 aromatic carbocycles. The normalized spacial score (nSPS) is 15.3. The van der Waals surface area contributed by atoms with Gasteiger partial charge in [0.1, 0.15) is 12.7 Å². The van der Waals surface area contributed by atoms with Crippen molar-refractivity contribution in [2.24, 2.45) is 7.05 Å². The second kappa shape index (κ2) is 6.79. The number of anilines is 1. The summed E-state index contributed by atoms with van der Waals surface area (Å²) in [5.41, 5.74) is 3.36. The molecule has 5 heterocycles. The Kier molecular flexibility index (Phi) is 3.92. The Labute approximate surface area is 176 Å². The molecule has 0 spiro atoms. The summed E-state index contributed by atoms with van der Waals surface area (Å²) in [4.78, 5) is 35.7. The van der Waals surface area contributed by atoms with Gasteiger partial charge in [0.25, 0.3) is 0 Å². The molecule has 0 radical (unpaired) electrons. The number of benzene rings is 1. The van der Waals surface area contributed by atoms with Gasteiger partial charge in [0.15, 0.2) is 17.0 Å². The fourth-order valence-corrected chi connectivity index (χ4v) is 4.59. The van der Waals surface area contributed by atoms with Crippen molar-refractivity contribution < 1.29 is 0 Å². The van der Waals surface area contributed by atoms with Crippen LogP contribution in [0.3, 0.4) is 0 Å². The smallest absolute Gasteiger partial charge is 0.326 e. The number of imidazole rings is 3. The molecule has 1 saturated heterocycles. The van der Waals surface area contributed by atoms with Crippen molar-refractivity contribution in [3.05, 3.63) is 59.8 Å². The third-order valence-corrected chi connectivity index (χ3v) is 6.10. The third-order valence-electron chi connectivity index (χ3n) is 6.10. The van der Waals surface area contributed by atoms with Crippen molar-refractivity contribution in [1.29, 1.82) is 0 Å². The summed E-state index contributed by atoms with van der Waals surface area (Å²) in [7, 11) is 1.94. The lowest BCUT2D eigenvalue weighted by molar-refractivity contribution is 0.395. The Morgan fingerprint density at radius 1 is 1.13 bits per heavy atom. The standard InChI is InChI=1S/C21H21N9O/c1-27-18-17(26-20(27)29-11-8-22-13-29)19(24-12-23-18)28-9-6-14(7-10-28)30-16-5-3-2-4-15(16)25-21(30)31/h2-5,8,11-14H,6-7,9-10H2,1H3,(H,25,31). The summed E-state index contributed by atoms with van der Waals surface area (Å²) in [5, 5.41) is 0. The van der Waals surface area contributed by atoms with Crippen LogP contribution in [0.25, 0.3) is 28.1 Å². The van der Waals surface area contributed by atoms with Gasteiger partial charge in [0, 0.05) is 38.6 Å². The maximum Gasteiger partial charge on any atom is 0.326 e. The largest absolute Gasteiger partial charge is 0.354 e. The lowest BCUT2D eigenvalue weighted by atomic mass is 10.0. The van der Waals surface area contributed by atoms with E-state index in [-0.39, 0.29) is 11.7 Å². The van der Waals surface area contributed by atoms with Gasteiger partial charge in [-0.05, 0) is 25.0 Å². The van der Waals surface area contributed by atoms with Crippen LogP contribution in [0.1, 0.15) is 18.9 Å². The van der Waals surface area contributed by atoms with Gasteiger partial charge in [-0.3, -0.25) is 13.7 Å². The number of hydrogen-bond acceptors (Lipinski definition) is 6. The molecule has 1 N–H and O–H groups in total. The van der Waals surface area contributed by atoms with E-state index < -0.39 is 0 Å². The number of rotatable bonds is 3. The van der Waals surface area contributed by atoms with Crippen molar-refractivity contribution in [2.45, 2.75) is 18.9 Å². The van der Waals surface area contributed by atoms with Gasteiger partial charge >= 0.3 is 5.69 Å². The highest BCUT2D eigenvalue weighted by atomic mass is 16.1. The molecule has 1 aliphatic rings. The Balaban J connectivity index is 1.32. The Morgan fingerprint density at radius 3 is 2.77 bits per heavy atom. The van der Waals surface area contributed by atoms with Crippen molar-refractivity contribution in [1.82, 2.24) is 38.6 Å². The van der Waals surface area contributed by atoms with Crippen LogP contribution >= 0.6 is 0 Å². The fourth-order valence-electron chi connectivity index (χ4n) is 4.59. The average molecular weight is 415 g/mol. The van der Waals surface area contributed by atoms with E-state index in [0.717, 1.165) is 59.9 Å². The van der Waals surface area contributed by atoms with E-state index in [1.54, 1.807) is 18.9 Å². The third kappa shape index (κ3) is 2.75. The van der Waals surface area contributed by atoms with E-state index in [1.165, 1.54) is 0 Å². The monoisotopic (exact) mass is 415 g/mol. The molecule has 4 aromatic heterocycles. The van der Waals surface area contributed by atoms with Gasteiger partial charge in [-0.15, -0.1) is 0 Å². The molecule has 5 aromatic rings. The quantitative estimate of drug-likeness (QED) is 0.484. The molecule has 0 aliphatic carbocycles. The van der Waals surface area contributed by atoms with Crippen LogP contribution in [0.2, 0.25) is 0 Å². The predicted octanol–water partition coefficient (Wildman–Crippen LogP) is 2.03. The molecule has 0 bridgehead atoms. The lowest BCUT2D eigenvalue weighted by Crippen LogP contribution is -2.37. The van der Waals surface area contributed by atoms with Crippen LogP contribution in [0.15, 0.2) is 54.1 Å². The second-order valence-electron chi connectivity index (χ2n) is 7.85. The molecule has 10 nitrogen and oxygen atoms in total. The summed E-state index contributed by atoms with van der Waals surface area (Å²) < 4.78 is 5.71. The molecule has 31 heavy (non-hydrogen) atoms. The number of aromatic amines is 1. The zero-order chi connectivity index (χ0) is 20.9. The lowest BCUT2D eigenvalue weighted by Gasteiger charge is -2.33. The zero-order valence-electron chi connectivity index (χ0n) is 17.0. The maximum atomic E-state index is 12.6. The van der Waals surface area contributed by atoms with Crippen LogP contribution in [0, 0.1) is 0 Å². The minimum atomic E-state index is -0.0428. The summed E-state index contributed by atoms with van der Waals surface area (Å²) in [6.45, 7) is 1.58. The van der Waals surface area contributed by atoms with E-state index >= 15 is 0 Å². The number of nitrogens with one attached hydrogen (secondary N) is 1. The van der Waals surface area contributed by atoms with E-state index in [4.69, 9.17) is 4.98 Å². The number of nitrogens with zero attached hydrogens (tertiary/aromatic N) is 8. The number of H-pyrrole nitrogens is 1. The van der Waals surface area contributed by atoms with Crippen LogP contribution in [0.5, 0.6) is 0 Å². The van der Waals surface area contributed by atoms with Crippen molar-refractivity contribution >= 4 is 28.0 Å². The van der Waals surface area contributed by atoms with E-state index in [2.05, 4.69) is 24.8 Å². The van der Waals surface area contributed by atoms with Gasteiger partial charge < -0.3 is 9.88 Å². The first kappa shape index (κ1) is 17.9. The van der Waals surface area contributed by atoms with Crippen LogP contribution in [0.4, 0.5) is 5.82 Å². The van der Waals surface area contributed by atoms with Gasteiger partial charge in [-0.1, -0.05) is 12.1 Å². The van der Waals surface area contributed by atoms with Crippen molar-refractivity contribution in [3.8, 4) is 5.95 Å². The minimum absolute atomic E-state index is 0.0428. The number of aromatic nitrogens is 8. The molecular weight excluding hydrogens is 394 g/mol. The number of fused-ring (bicyclic) bond motifs is 2. The van der Waals surface area contributed by atoms with Crippen LogP contribution in [-0.2, 0) is 7.05 Å².